The second kappa shape index (κ2) is 10.4. The van der Waals surface area contributed by atoms with Gasteiger partial charge in [0.05, 0.1) is 19.3 Å². The topological polar surface area (TPSA) is 27.7 Å². The Morgan fingerprint density at radius 1 is 1.00 bits per heavy atom. The number of halogens is 2. The zero-order valence-electron chi connectivity index (χ0n) is 17.0. The summed E-state index contributed by atoms with van der Waals surface area (Å²) in [6.45, 7) is 5.12. The van der Waals surface area contributed by atoms with Crippen molar-refractivity contribution in [2.45, 2.75) is 51.7 Å². The van der Waals surface area contributed by atoms with Gasteiger partial charge in [0, 0.05) is 5.92 Å². The molecule has 1 aliphatic rings. The predicted molar refractivity (Wildman–Crippen MR) is 109 cm³/mol. The maximum absolute atomic E-state index is 14.2. The van der Waals surface area contributed by atoms with Gasteiger partial charge in [0.15, 0.2) is 11.5 Å². The first-order valence-corrected chi connectivity index (χ1v) is 10.2. The molecule has 0 spiro atoms. The maximum Gasteiger partial charge on any atom is 0.204 e. The van der Waals surface area contributed by atoms with E-state index in [1.807, 2.05) is 32.1 Å². The monoisotopic (exact) mass is 402 g/mol. The zero-order valence-corrected chi connectivity index (χ0v) is 17.0. The third-order valence-corrected chi connectivity index (χ3v) is 5.04. The first-order valence-electron chi connectivity index (χ1n) is 10.2. The largest absolute Gasteiger partial charge is 0.490 e. The fraction of sp³-hybridized carbons (Fsp3) is 0.417. The minimum atomic E-state index is -1.02. The molecule has 0 N–H and O–H groups in total. The van der Waals surface area contributed by atoms with Crippen LogP contribution in [0.15, 0.2) is 48.6 Å². The molecule has 0 bridgehead atoms. The maximum atomic E-state index is 14.2. The van der Waals surface area contributed by atoms with Crippen molar-refractivity contribution in [3.05, 3.63) is 71.3 Å². The molecule has 156 valence electrons. The van der Waals surface area contributed by atoms with Crippen LogP contribution in [0.25, 0.3) is 0 Å². The Bertz CT molecular complexity index is 810. The summed E-state index contributed by atoms with van der Waals surface area (Å²) in [5, 5.41) is 0. The molecule has 0 aromatic heterocycles. The molecular weight excluding hydrogens is 374 g/mol. The van der Waals surface area contributed by atoms with Crippen molar-refractivity contribution >= 4 is 0 Å². The summed E-state index contributed by atoms with van der Waals surface area (Å²) in [6, 6.07) is 10.8. The van der Waals surface area contributed by atoms with E-state index in [-0.39, 0.29) is 24.2 Å². The Hall–Kier alpha value is -2.40. The van der Waals surface area contributed by atoms with Gasteiger partial charge in [-0.15, -0.1) is 0 Å². The molecule has 1 heterocycles. The van der Waals surface area contributed by atoms with Gasteiger partial charge in [-0.2, -0.15) is 8.78 Å². The first-order chi connectivity index (χ1) is 14.1. The minimum absolute atomic E-state index is 0.0904. The van der Waals surface area contributed by atoms with E-state index in [1.54, 1.807) is 0 Å². The summed E-state index contributed by atoms with van der Waals surface area (Å²) in [5.74, 6) is -1.86. The van der Waals surface area contributed by atoms with E-state index in [9.17, 15) is 8.78 Å². The van der Waals surface area contributed by atoms with E-state index < -0.39 is 11.6 Å². The second-order valence-electron chi connectivity index (χ2n) is 7.24. The lowest BCUT2D eigenvalue weighted by Crippen LogP contribution is -2.23. The fourth-order valence-corrected chi connectivity index (χ4v) is 3.40. The molecule has 1 fully saturated rings. The molecule has 2 unspecified atom stereocenters. The molecule has 0 aliphatic carbocycles. The van der Waals surface area contributed by atoms with Crippen LogP contribution in [0.5, 0.6) is 11.5 Å². The van der Waals surface area contributed by atoms with Crippen molar-refractivity contribution < 1.29 is 23.0 Å². The number of ether oxygens (including phenoxy) is 3. The molecule has 2 aromatic carbocycles. The lowest BCUT2D eigenvalue weighted by atomic mass is 9.91. The molecule has 0 amide bonds. The number of rotatable bonds is 8. The van der Waals surface area contributed by atoms with Gasteiger partial charge >= 0.3 is 0 Å². The highest BCUT2D eigenvalue weighted by atomic mass is 19.2. The van der Waals surface area contributed by atoms with Gasteiger partial charge in [0.25, 0.3) is 0 Å². The van der Waals surface area contributed by atoms with Gasteiger partial charge in [-0.05, 0) is 49.4 Å². The van der Waals surface area contributed by atoms with E-state index in [0.29, 0.717) is 19.1 Å². The summed E-state index contributed by atoms with van der Waals surface area (Å²) in [4.78, 5) is 0. The van der Waals surface area contributed by atoms with Crippen molar-refractivity contribution in [1.82, 2.24) is 0 Å². The summed E-state index contributed by atoms with van der Waals surface area (Å²) in [5.41, 5.74) is 2.12. The molecule has 1 aliphatic heterocycles. The average molecular weight is 402 g/mol. The molecule has 3 rings (SSSR count). The van der Waals surface area contributed by atoms with E-state index >= 15 is 0 Å². The lowest BCUT2D eigenvalue weighted by Gasteiger charge is -2.27. The van der Waals surface area contributed by atoms with Crippen LogP contribution in [0.4, 0.5) is 8.78 Å². The highest BCUT2D eigenvalue weighted by Crippen LogP contribution is 2.30. The summed E-state index contributed by atoms with van der Waals surface area (Å²) in [6.07, 6.45) is 7.17. The van der Waals surface area contributed by atoms with Gasteiger partial charge in [-0.1, -0.05) is 43.3 Å². The van der Waals surface area contributed by atoms with Crippen molar-refractivity contribution in [1.29, 1.82) is 0 Å². The molecule has 1 saturated heterocycles. The third-order valence-electron chi connectivity index (χ3n) is 5.04. The zero-order chi connectivity index (χ0) is 20.6. The SMILES string of the molecule is C/C=C/C1CCC(c2ccc(COc3ccc(OCCC)c(F)c3F)cc2)CO1. The molecule has 0 saturated carbocycles. The van der Waals surface area contributed by atoms with Crippen LogP contribution in [0.1, 0.15) is 50.2 Å². The summed E-state index contributed by atoms with van der Waals surface area (Å²) < 4.78 is 44.8. The molecule has 2 atom stereocenters. The molecule has 5 heteroatoms. The lowest BCUT2D eigenvalue weighted by molar-refractivity contribution is 0.0326. The van der Waals surface area contributed by atoms with Crippen molar-refractivity contribution in [2.75, 3.05) is 13.2 Å². The van der Waals surface area contributed by atoms with Crippen LogP contribution in [-0.4, -0.2) is 19.3 Å². The molecule has 0 radical (unpaired) electrons. The average Bonchev–Trinajstić information content (AvgIpc) is 2.75. The van der Waals surface area contributed by atoms with Crippen LogP contribution in [0, 0.1) is 11.6 Å². The molecular formula is C24H28F2O3. The Kier molecular flexibility index (Phi) is 7.64. The highest BCUT2D eigenvalue weighted by Gasteiger charge is 2.21. The number of hydrogen-bond donors (Lipinski definition) is 0. The van der Waals surface area contributed by atoms with Crippen LogP contribution in [0.3, 0.4) is 0 Å². The summed E-state index contributed by atoms with van der Waals surface area (Å²) >= 11 is 0. The Balaban J connectivity index is 1.56. The smallest absolute Gasteiger partial charge is 0.204 e. The van der Waals surface area contributed by atoms with E-state index in [0.717, 1.165) is 24.8 Å². The van der Waals surface area contributed by atoms with Gasteiger partial charge in [-0.3, -0.25) is 0 Å². The van der Waals surface area contributed by atoms with Gasteiger partial charge in [0.2, 0.25) is 11.6 Å². The number of hydrogen-bond acceptors (Lipinski definition) is 3. The van der Waals surface area contributed by atoms with Gasteiger partial charge in [0.1, 0.15) is 6.61 Å². The van der Waals surface area contributed by atoms with Crippen molar-refractivity contribution in [3.8, 4) is 11.5 Å². The van der Waals surface area contributed by atoms with Gasteiger partial charge < -0.3 is 14.2 Å². The van der Waals surface area contributed by atoms with Crippen LogP contribution in [0.2, 0.25) is 0 Å². The van der Waals surface area contributed by atoms with E-state index in [1.165, 1.54) is 17.7 Å². The first kappa shape index (κ1) is 21.3. The number of benzene rings is 2. The minimum Gasteiger partial charge on any atom is -0.490 e. The normalized spacial score (nSPS) is 19.4. The second-order valence-corrected chi connectivity index (χ2v) is 7.24. The molecule has 2 aromatic rings. The highest BCUT2D eigenvalue weighted by molar-refractivity contribution is 5.35. The van der Waals surface area contributed by atoms with Crippen LogP contribution < -0.4 is 9.47 Å². The standard InChI is InChI=1S/C24H28F2O3/c1-3-5-20-11-10-19(16-28-20)18-8-6-17(7-9-18)15-29-22-13-12-21(27-14-4-2)23(25)24(22)26/h3,5-9,12-13,19-20H,4,10-11,14-16H2,1-2H3/b5-3+. The predicted octanol–water partition coefficient (Wildman–Crippen LogP) is 6.17. The fourth-order valence-electron chi connectivity index (χ4n) is 3.40. The Morgan fingerprint density at radius 2 is 1.69 bits per heavy atom. The quantitative estimate of drug-likeness (QED) is 0.494. The summed E-state index contributed by atoms with van der Waals surface area (Å²) in [7, 11) is 0. The number of allylic oxidation sites excluding steroid dienone is 1. The Labute approximate surface area is 171 Å². The van der Waals surface area contributed by atoms with Crippen LogP contribution >= 0.6 is 0 Å². The molecule has 3 nitrogen and oxygen atoms in total. The van der Waals surface area contributed by atoms with E-state index in [2.05, 4.69) is 18.2 Å². The van der Waals surface area contributed by atoms with Crippen molar-refractivity contribution in [2.24, 2.45) is 0 Å². The molecule has 29 heavy (non-hydrogen) atoms. The van der Waals surface area contributed by atoms with Gasteiger partial charge in [-0.25, -0.2) is 0 Å². The van der Waals surface area contributed by atoms with Crippen molar-refractivity contribution in [3.63, 3.8) is 0 Å². The third kappa shape index (κ3) is 5.57. The van der Waals surface area contributed by atoms with E-state index in [4.69, 9.17) is 14.2 Å². The Morgan fingerprint density at radius 3 is 2.28 bits per heavy atom. The van der Waals surface area contributed by atoms with Crippen LogP contribution in [-0.2, 0) is 11.3 Å².